The summed E-state index contributed by atoms with van der Waals surface area (Å²) in [5.74, 6) is 0.725. The third-order valence-electron chi connectivity index (χ3n) is 1.70. The first kappa shape index (κ1) is 15.6. The molecule has 0 fully saturated rings. The van der Waals surface area contributed by atoms with E-state index in [2.05, 4.69) is 5.32 Å². The number of nitrogens with two attached hydrogens (primary N) is 1. The number of carbonyl (C=O) groups excluding carboxylic acids is 1. The van der Waals surface area contributed by atoms with Gasteiger partial charge in [0.1, 0.15) is 0 Å². The first-order valence-corrected chi connectivity index (χ1v) is 5.96. The van der Waals surface area contributed by atoms with Gasteiger partial charge in [-0.3, -0.25) is 4.79 Å². The van der Waals surface area contributed by atoms with Crippen molar-refractivity contribution in [1.82, 2.24) is 0 Å². The molecule has 90 valence electrons. The topological polar surface area (TPSA) is 55.1 Å². The van der Waals surface area contributed by atoms with Gasteiger partial charge in [-0.2, -0.15) is 0 Å². The van der Waals surface area contributed by atoms with Gasteiger partial charge in [-0.25, -0.2) is 0 Å². The van der Waals surface area contributed by atoms with Gasteiger partial charge in [0.15, 0.2) is 0 Å². The minimum absolute atomic E-state index is 0. The number of hydrogen-bond acceptors (Lipinski definition) is 3. The lowest BCUT2D eigenvalue weighted by molar-refractivity contribution is -0.114. The van der Waals surface area contributed by atoms with Gasteiger partial charge in [0.25, 0.3) is 0 Å². The van der Waals surface area contributed by atoms with Crippen molar-refractivity contribution in [2.75, 3.05) is 17.6 Å². The quantitative estimate of drug-likeness (QED) is 0.834. The van der Waals surface area contributed by atoms with Crippen LogP contribution >= 0.6 is 35.8 Å². The Morgan fingerprint density at radius 2 is 2.25 bits per heavy atom. The van der Waals surface area contributed by atoms with Gasteiger partial charge in [-0.1, -0.05) is 18.5 Å². The van der Waals surface area contributed by atoms with Crippen molar-refractivity contribution in [3.05, 3.63) is 23.2 Å². The summed E-state index contributed by atoms with van der Waals surface area (Å²) >= 11 is 7.50. The Morgan fingerprint density at radius 1 is 1.56 bits per heavy atom. The van der Waals surface area contributed by atoms with Crippen LogP contribution in [0.25, 0.3) is 0 Å². The Morgan fingerprint density at radius 3 is 2.81 bits per heavy atom. The van der Waals surface area contributed by atoms with E-state index in [0.29, 0.717) is 5.02 Å². The number of amides is 1. The molecule has 1 rings (SSSR count). The van der Waals surface area contributed by atoms with Gasteiger partial charge < -0.3 is 11.1 Å². The summed E-state index contributed by atoms with van der Waals surface area (Å²) in [6.45, 7) is 2.02. The van der Waals surface area contributed by atoms with Gasteiger partial charge in [0, 0.05) is 9.92 Å². The van der Waals surface area contributed by atoms with Crippen molar-refractivity contribution in [1.29, 1.82) is 0 Å². The van der Waals surface area contributed by atoms with Crippen LogP contribution in [-0.2, 0) is 4.79 Å². The van der Waals surface area contributed by atoms with Crippen molar-refractivity contribution in [3.8, 4) is 0 Å². The molecule has 6 heteroatoms. The lowest BCUT2D eigenvalue weighted by Crippen LogP contribution is -2.22. The Labute approximate surface area is 111 Å². The summed E-state index contributed by atoms with van der Waals surface area (Å²) in [7, 11) is 0. The highest BCUT2D eigenvalue weighted by Gasteiger charge is 2.06. The highest BCUT2D eigenvalue weighted by Crippen LogP contribution is 2.29. The van der Waals surface area contributed by atoms with Crippen molar-refractivity contribution >= 4 is 47.4 Å². The van der Waals surface area contributed by atoms with Crippen LogP contribution in [-0.4, -0.2) is 18.2 Å². The molecule has 0 spiro atoms. The molecule has 0 aliphatic carbocycles. The lowest BCUT2D eigenvalue weighted by Gasteiger charge is -2.09. The average Bonchev–Trinajstić information content (AvgIpc) is 2.22. The zero-order chi connectivity index (χ0) is 11.3. The third-order valence-corrected chi connectivity index (χ3v) is 2.89. The minimum atomic E-state index is -0.213. The van der Waals surface area contributed by atoms with E-state index in [1.165, 1.54) is 0 Å². The van der Waals surface area contributed by atoms with E-state index >= 15 is 0 Å². The molecule has 1 aromatic carbocycles. The van der Waals surface area contributed by atoms with Crippen LogP contribution in [0.5, 0.6) is 0 Å². The predicted molar refractivity (Wildman–Crippen MR) is 72.8 cm³/mol. The van der Waals surface area contributed by atoms with Gasteiger partial charge in [-0.15, -0.1) is 24.2 Å². The Balaban J connectivity index is 0.00000225. The molecule has 16 heavy (non-hydrogen) atoms. The highest BCUT2D eigenvalue weighted by atomic mass is 35.5. The highest BCUT2D eigenvalue weighted by molar-refractivity contribution is 7.99. The molecule has 0 atom stereocenters. The van der Waals surface area contributed by atoms with Crippen molar-refractivity contribution in [3.63, 3.8) is 0 Å². The van der Waals surface area contributed by atoms with Gasteiger partial charge >= 0.3 is 0 Å². The smallest absolute Gasteiger partial charge is 0.238 e. The molecular formula is C10H14Cl2N2OS. The first-order valence-electron chi connectivity index (χ1n) is 4.59. The van der Waals surface area contributed by atoms with Crippen molar-refractivity contribution < 1.29 is 4.79 Å². The van der Waals surface area contributed by atoms with E-state index in [-0.39, 0.29) is 24.9 Å². The fourth-order valence-corrected chi connectivity index (χ4v) is 2.00. The molecular weight excluding hydrogens is 267 g/mol. The molecule has 0 bridgehead atoms. The number of rotatable bonds is 4. The van der Waals surface area contributed by atoms with E-state index in [1.807, 2.05) is 13.0 Å². The lowest BCUT2D eigenvalue weighted by atomic mass is 10.3. The van der Waals surface area contributed by atoms with Crippen LogP contribution in [0.15, 0.2) is 23.1 Å². The zero-order valence-electron chi connectivity index (χ0n) is 8.83. The molecule has 0 aliphatic heterocycles. The van der Waals surface area contributed by atoms with E-state index < -0.39 is 0 Å². The van der Waals surface area contributed by atoms with E-state index in [4.69, 9.17) is 17.3 Å². The summed E-state index contributed by atoms with van der Waals surface area (Å²) in [6.07, 6.45) is 0. The molecule has 0 saturated carbocycles. The standard InChI is InChI=1S/C10H13ClN2OS.ClH/c1-2-15-9-4-3-7(11)5-8(9)13-10(14)6-12;/h3-5H,2,6,12H2,1H3,(H,13,14);1H. The second-order valence-corrected chi connectivity index (χ2v) is 4.57. The van der Waals surface area contributed by atoms with E-state index in [0.717, 1.165) is 16.3 Å². The van der Waals surface area contributed by atoms with Crippen LogP contribution in [0.4, 0.5) is 5.69 Å². The Bertz CT molecular complexity index is 361. The van der Waals surface area contributed by atoms with Crippen LogP contribution in [0.2, 0.25) is 5.02 Å². The zero-order valence-corrected chi connectivity index (χ0v) is 11.2. The molecule has 0 radical (unpaired) electrons. The largest absolute Gasteiger partial charge is 0.324 e. The minimum Gasteiger partial charge on any atom is -0.324 e. The molecule has 0 aromatic heterocycles. The third kappa shape index (κ3) is 4.61. The van der Waals surface area contributed by atoms with Gasteiger partial charge in [0.05, 0.1) is 12.2 Å². The maximum atomic E-state index is 11.2. The first-order chi connectivity index (χ1) is 7.17. The molecule has 0 unspecified atom stereocenters. The number of carbonyl (C=O) groups is 1. The number of benzene rings is 1. The van der Waals surface area contributed by atoms with Gasteiger partial charge in [0.2, 0.25) is 5.91 Å². The fraction of sp³-hybridized carbons (Fsp3) is 0.300. The van der Waals surface area contributed by atoms with Crippen molar-refractivity contribution in [2.45, 2.75) is 11.8 Å². The van der Waals surface area contributed by atoms with E-state index in [1.54, 1.807) is 23.9 Å². The number of hydrogen-bond donors (Lipinski definition) is 2. The summed E-state index contributed by atoms with van der Waals surface area (Å²) in [5.41, 5.74) is 5.96. The monoisotopic (exact) mass is 280 g/mol. The predicted octanol–water partition coefficient (Wildman–Crippen LogP) is 2.77. The second-order valence-electron chi connectivity index (χ2n) is 2.83. The maximum absolute atomic E-state index is 11.2. The molecule has 0 aliphatic rings. The SMILES string of the molecule is CCSc1ccc(Cl)cc1NC(=O)CN.Cl. The average molecular weight is 281 g/mol. The summed E-state index contributed by atoms with van der Waals surface area (Å²) in [6, 6.07) is 5.42. The van der Waals surface area contributed by atoms with Crippen molar-refractivity contribution in [2.24, 2.45) is 5.73 Å². The summed E-state index contributed by atoms with van der Waals surface area (Å²) < 4.78 is 0. The molecule has 3 nitrogen and oxygen atoms in total. The molecule has 3 N–H and O–H groups in total. The molecule has 0 saturated heterocycles. The molecule has 0 heterocycles. The van der Waals surface area contributed by atoms with Crippen LogP contribution in [0.1, 0.15) is 6.92 Å². The van der Waals surface area contributed by atoms with Crippen LogP contribution in [0.3, 0.4) is 0 Å². The molecule has 1 amide bonds. The number of thioether (sulfide) groups is 1. The fourth-order valence-electron chi connectivity index (χ4n) is 1.08. The number of halogens is 2. The maximum Gasteiger partial charge on any atom is 0.238 e. The second kappa shape index (κ2) is 7.79. The normalized spacial score (nSPS) is 9.44. The van der Waals surface area contributed by atoms with Gasteiger partial charge in [-0.05, 0) is 24.0 Å². The summed E-state index contributed by atoms with van der Waals surface area (Å²) in [4.78, 5) is 12.2. The Kier molecular flexibility index (Phi) is 7.58. The number of nitrogens with one attached hydrogen (secondary N) is 1. The van der Waals surface area contributed by atoms with Crippen LogP contribution < -0.4 is 11.1 Å². The van der Waals surface area contributed by atoms with E-state index in [9.17, 15) is 4.79 Å². The molecule has 1 aromatic rings. The number of anilines is 1. The van der Waals surface area contributed by atoms with Crippen LogP contribution in [0, 0.1) is 0 Å². The summed E-state index contributed by atoms with van der Waals surface area (Å²) in [5, 5.41) is 3.32. The Hall–Kier alpha value is -0.420.